The summed E-state index contributed by atoms with van der Waals surface area (Å²) in [5.74, 6) is 1.71. The van der Waals surface area contributed by atoms with Crippen LogP contribution in [0.15, 0.2) is 28.2 Å². The van der Waals surface area contributed by atoms with Crippen molar-refractivity contribution in [1.29, 1.82) is 0 Å². The lowest BCUT2D eigenvalue weighted by atomic mass is 9.94. The molecule has 1 N–H and O–H groups in total. The van der Waals surface area contributed by atoms with Crippen LogP contribution in [0, 0.1) is 5.92 Å². The highest BCUT2D eigenvalue weighted by molar-refractivity contribution is 7.13. The van der Waals surface area contributed by atoms with Crippen molar-refractivity contribution >= 4 is 11.3 Å². The fraction of sp³-hybridized carbons (Fsp3) is 0.533. The van der Waals surface area contributed by atoms with Crippen molar-refractivity contribution in [1.82, 2.24) is 15.2 Å². The fourth-order valence-electron chi connectivity index (χ4n) is 3.39. The van der Waals surface area contributed by atoms with Crippen molar-refractivity contribution in [2.24, 2.45) is 5.92 Å². The topological polar surface area (TPSA) is 41.3 Å². The number of hydrogen-bond donors (Lipinski definition) is 1. The van der Waals surface area contributed by atoms with E-state index in [9.17, 15) is 0 Å². The SMILES string of the molecule is c1coc(-c2nc(CN3CC4CCCNC4C3)cs2)c1. The molecule has 4 heterocycles. The lowest BCUT2D eigenvalue weighted by molar-refractivity contribution is 0.310. The number of nitrogens with zero attached hydrogens (tertiary/aromatic N) is 2. The Morgan fingerprint density at radius 2 is 2.45 bits per heavy atom. The van der Waals surface area contributed by atoms with Gasteiger partial charge in [0, 0.05) is 31.1 Å². The molecule has 0 bridgehead atoms. The zero-order valence-corrected chi connectivity index (χ0v) is 12.2. The molecule has 2 atom stereocenters. The van der Waals surface area contributed by atoms with Gasteiger partial charge in [-0.05, 0) is 37.4 Å². The van der Waals surface area contributed by atoms with Gasteiger partial charge in [0.25, 0.3) is 0 Å². The Bertz CT molecular complexity index is 551. The molecular weight excluding hydrogens is 270 g/mol. The minimum atomic E-state index is 0.701. The summed E-state index contributed by atoms with van der Waals surface area (Å²) in [6, 6.07) is 4.58. The van der Waals surface area contributed by atoms with E-state index in [1.54, 1.807) is 17.6 Å². The molecule has 4 nitrogen and oxygen atoms in total. The summed E-state index contributed by atoms with van der Waals surface area (Å²) in [5, 5.41) is 6.80. The molecular formula is C15H19N3OS. The second kappa shape index (κ2) is 5.31. The van der Waals surface area contributed by atoms with Crippen LogP contribution in [0.25, 0.3) is 10.8 Å². The van der Waals surface area contributed by atoms with Gasteiger partial charge in [-0.1, -0.05) is 0 Å². The minimum absolute atomic E-state index is 0.701. The van der Waals surface area contributed by atoms with E-state index in [1.807, 2.05) is 12.1 Å². The molecule has 2 aliphatic rings. The summed E-state index contributed by atoms with van der Waals surface area (Å²) in [6.45, 7) is 4.53. The van der Waals surface area contributed by atoms with Crippen molar-refractivity contribution in [3.05, 3.63) is 29.5 Å². The predicted molar refractivity (Wildman–Crippen MR) is 79.6 cm³/mol. The van der Waals surface area contributed by atoms with E-state index < -0.39 is 0 Å². The van der Waals surface area contributed by atoms with Gasteiger partial charge in [0.1, 0.15) is 0 Å². The average molecular weight is 289 g/mol. The molecule has 0 aromatic carbocycles. The van der Waals surface area contributed by atoms with Gasteiger partial charge >= 0.3 is 0 Å². The second-order valence-corrected chi connectivity index (χ2v) is 6.64. The molecule has 2 fully saturated rings. The van der Waals surface area contributed by atoms with Gasteiger partial charge in [-0.3, -0.25) is 4.90 Å². The number of piperidine rings is 1. The molecule has 106 valence electrons. The highest BCUT2D eigenvalue weighted by atomic mass is 32.1. The molecule has 2 aromatic heterocycles. The van der Waals surface area contributed by atoms with E-state index in [0.717, 1.165) is 29.8 Å². The maximum atomic E-state index is 5.40. The van der Waals surface area contributed by atoms with Gasteiger partial charge < -0.3 is 9.73 Å². The minimum Gasteiger partial charge on any atom is -0.462 e. The third-order valence-corrected chi connectivity index (χ3v) is 5.25. The lowest BCUT2D eigenvalue weighted by Crippen LogP contribution is -2.40. The number of hydrogen-bond acceptors (Lipinski definition) is 5. The standard InChI is InChI=1S/C15H19N3OS/c1-3-11-7-18(9-13(11)16-5-1)8-12-10-20-15(17-12)14-4-2-6-19-14/h2,4,6,10-11,13,16H,1,3,5,7-9H2. The Labute approximate surface area is 122 Å². The molecule has 2 aliphatic heterocycles. The zero-order valence-electron chi connectivity index (χ0n) is 11.4. The highest BCUT2D eigenvalue weighted by Crippen LogP contribution is 2.28. The number of fused-ring (bicyclic) bond motifs is 1. The largest absolute Gasteiger partial charge is 0.462 e. The number of nitrogens with one attached hydrogen (secondary N) is 1. The Morgan fingerprint density at radius 3 is 3.30 bits per heavy atom. The summed E-state index contributed by atoms with van der Waals surface area (Å²) in [6.07, 6.45) is 4.41. The van der Waals surface area contributed by atoms with E-state index in [4.69, 9.17) is 9.40 Å². The number of aromatic nitrogens is 1. The molecule has 0 saturated carbocycles. The summed E-state index contributed by atoms with van der Waals surface area (Å²) >= 11 is 1.67. The monoisotopic (exact) mass is 289 g/mol. The molecule has 2 aromatic rings. The smallest absolute Gasteiger partial charge is 0.162 e. The number of rotatable bonds is 3. The number of likely N-dealkylation sites (tertiary alicyclic amines) is 1. The first-order chi connectivity index (χ1) is 9.88. The lowest BCUT2D eigenvalue weighted by Gasteiger charge is -2.24. The molecule has 0 aliphatic carbocycles. The first-order valence-corrected chi connectivity index (χ1v) is 8.20. The van der Waals surface area contributed by atoms with Gasteiger partial charge in [-0.15, -0.1) is 11.3 Å². The summed E-state index contributed by atoms with van der Waals surface area (Å²) < 4.78 is 5.40. The van der Waals surface area contributed by atoms with Gasteiger partial charge in [0.05, 0.1) is 12.0 Å². The van der Waals surface area contributed by atoms with E-state index >= 15 is 0 Å². The number of furan rings is 1. The maximum Gasteiger partial charge on any atom is 0.162 e. The highest BCUT2D eigenvalue weighted by Gasteiger charge is 2.34. The Hall–Kier alpha value is -1.17. The third-order valence-electron chi connectivity index (χ3n) is 4.34. The van der Waals surface area contributed by atoms with Crippen LogP contribution in [0.3, 0.4) is 0 Å². The molecule has 2 unspecified atom stereocenters. The van der Waals surface area contributed by atoms with Crippen LogP contribution >= 0.6 is 11.3 Å². The third kappa shape index (κ3) is 2.41. The Balaban J connectivity index is 1.42. The molecule has 0 amide bonds. The quantitative estimate of drug-likeness (QED) is 0.943. The summed E-state index contributed by atoms with van der Waals surface area (Å²) in [4.78, 5) is 7.23. The van der Waals surface area contributed by atoms with Crippen molar-refractivity contribution in [3.8, 4) is 10.8 Å². The van der Waals surface area contributed by atoms with E-state index in [2.05, 4.69) is 15.6 Å². The van der Waals surface area contributed by atoms with Crippen LogP contribution in [0.1, 0.15) is 18.5 Å². The van der Waals surface area contributed by atoms with Gasteiger partial charge in [0.15, 0.2) is 10.8 Å². The van der Waals surface area contributed by atoms with Crippen molar-refractivity contribution in [2.45, 2.75) is 25.4 Å². The van der Waals surface area contributed by atoms with Crippen LogP contribution in [0.2, 0.25) is 0 Å². The Morgan fingerprint density at radius 1 is 1.45 bits per heavy atom. The predicted octanol–water partition coefficient (Wildman–Crippen LogP) is 2.59. The summed E-state index contributed by atoms with van der Waals surface area (Å²) in [7, 11) is 0. The molecule has 0 spiro atoms. The van der Waals surface area contributed by atoms with Crippen molar-refractivity contribution in [2.75, 3.05) is 19.6 Å². The molecule has 5 heteroatoms. The summed E-state index contributed by atoms with van der Waals surface area (Å²) in [5.41, 5.74) is 1.17. The molecule has 20 heavy (non-hydrogen) atoms. The van der Waals surface area contributed by atoms with E-state index in [0.29, 0.717) is 6.04 Å². The molecule has 2 saturated heterocycles. The Kier molecular flexibility index (Phi) is 3.34. The van der Waals surface area contributed by atoms with Crippen LogP contribution in [-0.4, -0.2) is 35.6 Å². The van der Waals surface area contributed by atoms with Crippen LogP contribution in [-0.2, 0) is 6.54 Å². The molecule has 4 rings (SSSR count). The van der Waals surface area contributed by atoms with E-state index in [1.165, 1.54) is 31.6 Å². The van der Waals surface area contributed by atoms with Gasteiger partial charge in [0.2, 0.25) is 0 Å². The fourth-order valence-corrected chi connectivity index (χ4v) is 4.16. The number of thiazole rings is 1. The second-order valence-electron chi connectivity index (χ2n) is 5.78. The van der Waals surface area contributed by atoms with Gasteiger partial charge in [-0.25, -0.2) is 4.98 Å². The van der Waals surface area contributed by atoms with E-state index in [-0.39, 0.29) is 0 Å². The normalized spacial score (nSPS) is 26.8. The van der Waals surface area contributed by atoms with Gasteiger partial charge in [-0.2, -0.15) is 0 Å². The maximum absolute atomic E-state index is 5.40. The van der Waals surface area contributed by atoms with Crippen molar-refractivity contribution < 1.29 is 4.42 Å². The first kappa shape index (κ1) is 12.6. The zero-order chi connectivity index (χ0) is 13.4. The van der Waals surface area contributed by atoms with Crippen LogP contribution in [0.5, 0.6) is 0 Å². The average Bonchev–Trinajstić information content (AvgIpc) is 3.18. The van der Waals surface area contributed by atoms with Crippen molar-refractivity contribution in [3.63, 3.8) is 0 Å². The molecule has 0 radical (unpaired) electrons. The van der Waals surface area contributed by atoms with Crippen LogP contribution in [0.4, 0.5) is 0 Å². The first-order valence-electron chi connectivity index (χ1n) is 7.32. The van der Waals surface area contributed by atoms with Crippen LogP contribution < -0.4 is 5.32 Å².